The Labute approximate surface area is 128 Å². The first kappa shape index (κ1) is 16.6. The van der Waals surface area contributed by atoms with E-state index in [1.165, 1.54) is 57.1 Å². The lowest BCUT2D eigenvalue weighted by Gasteiger charge is -2.24. The molecular formula is C16H31NO2S. The second kappa shape index (κ2) is 9.29. The van der Waals surface area contributed by atoms with Crippen LogP contribution in [0.1, 0.15) is 58.3 Å². The first-order valence-corrected chi connectivity index (χ1v) is 9.47. The molecule has 0 aliphatic heterocycles. The van der Waals surface area contributed by atoms with E-state index in [9.17, 15) is 5.11 Å². The normalized spacial score (nSPS) is 29.7. The SMILES string of the molecule is CCSC1CCC(NCC(O)COC2CCCCC2)C1. The summed E-state index contributed by atoms with van der Waals surface area (Å²) in [5, 5.41) is 14.4. The highest BCUT2D eigenvalue weighted by molar-refractivity contribution is 7.99. The zero-order chi connectivity index (χ0) is 14.2. The molecule has 0 aromatic carbocycles. The molecule has 0 amide bonds. The number of rotatable bonds is 8. The van der Waals surface area contributed by atoms with Crippen molar-refractivity contribution < 1.29 is 9.84 Å². The molecule has 0 spiro atoms. The van der Waals surface area contributed by atoms with Crippen molar-refractivity contribution in [1.82, 2.24) is 5.32 Å². The predicted molar refractivity (Wildman–Crippen MR) is 86.4 cm³/mol. The molecule has 20 heavy (non-hydrogen) atoms. The molecule has 2 aliphatic rings. The van der Waals surface area contributed by atoms with Gasteiger partial charge in [-0.25, -0.2) is 0 Å². The van der Waals surface area contributed by atoms with Crippen molar-refractivity contribution in [3.63, 3.8) is 0 Å². The average Bonchev–Trinajstić information content (AvgIpc) is 2.92. The first-order chi connectivity index (χ1) is 9.78. The Morgan fingerprint density at radius 3 is 2.75 bits per heavy atom. The molecule has 4 heteroatoms. The molecule has 0 aromatic rings. The fourth-order valence-corrected chi connectivity index (χ4v) is 4.50. The Kier molecular flexibility index (Phi) is 7.71. The summed E-state index contributed by atoms with van der Waals surface area (Å²) in [7, 11) is 0. The van der Waals surface area contributed by atoms with Gasteiger partial charge in [-0.3, -0.25) is 0 Å². The molecule has 2 saturated carbocycles. The van der Waals surface area contributed by atoms with Crippen LogP contribution in [0.3, 0.4) is 0 Å². The Morgan fingerprint density at radius 1 is 1.20 bits per heavy atom. The highest BCUT2D eigenvalue weighted by Crippen LogP contribution is 2.29. The van der Waals surface area contributed by atoms with Gasteiger partial charge in [0.15, 0.2) is 0 Å². The lowest BCUT2D eigenvalue weighted by atomic mass is 9.98. The Bertz CT molecular complexity index is 259. The second-order valence-corrected chi connectivity index (χ2v) is 7.82. The Balaban J connectivity index is 1.52. The van der Waals surface area contributed by atoms with E-state index in [1.54, 1.807) is 0 Å². The number of nitrogens with one attached hydrogen (secondary N) is 1. The summed E-state index contributed by atoms with van der Waals surface area (Å²) >= 11 is 2.08. The number of aliphatic hydroxyl groups excluding tert-OH is 1. The van der Waals surface area contributed by atoms with Crippen molar-refractivity contribution in [3.05, 3.63) is 0 Å². The highest BCUT2D eigenvalue weighted by Gasteiger charge is 2.24. The summed E-state index contributed by atoms with van der Waals surface area (Å²) in [6.07, 6.45) is 10.2. The van der Waals surface area contributed by atoms with Crippen LogP contribution in [0.4, 0.5) is 0 Å². The highest BCUT2D eigenvalue weighted by atomic mass is 32.2. The van der Waals surface area contributed by atoms with Crippen molar-refractivity contribution in [2.45, 2.75) is 81.8 Å². The van der Waals surface area contributed by atoms with Crippen molar-refractivity contribution in [1.29, 1.82) is 0 Å². The van der Waals surface area contributed by atoms with E-state index in [4.69, 9.17) is 4.74 Å². The molecule has 2 fully saturated rings. The zero-order valence-corrected chi connectivity index (χ0v) is 13.7. The minimum Gasteiger partial charge on any atom is -0.389 e. The maximum atomic E-state index is 10.0. The van der Waals surface area contributed by atoms with E-state index >= 15 is 0 Å². The molecule has 0 saturated heterocycles. The third-order valence-corrected chi connectivity index (χ3v) is 5.74. The lowest BCUT2D eigenvalue weighted by Crippen LogP contribution is -2.37. The molecule has 118 valence electrons. The summed E-state index contributed by atoms with van der Waals surface area (Å²) in [4.78, 5) is 0. The number of hydrogen-bond acceptors (Lipinski definition) is 4. The van der Waals surface area contributed by atoms with Gasteiger partial charge in [0, 0.05) is 17.8 Å². The van der Waals surface area contributed by atoms with Crippen LogP contribution >= 0.6 is 11.8 Å². The summed E-state index contributed by atoms with van der Waals surface area (Å²) < 4.78 is 5.83. The van der Waals surface area contributed by atoms with E-state index in [-0.39, 0.29) is 6.10 Å². The maximum absolute atomic E-state index is 10.0. The predicted octanol–water partition coefficient (Wildman–Crippen LogP) is 2.96. The molecule has 2 N–H and O–H groups in total. The quantitative estimate of drug-likeness (QED) is 0.723. The molecule has 0 heterocycles. The van der Waals surface area contributed by atoms with Gasteiger partial charge in [-0.05, 0) is 37.9 Å². The van der Waals surface area contributed by atoms with Crippen LogP contribution in [0, 0.1) is 0 Å². The summed E-state index contributed by atoms with van der Waals surface area (Å²) in [6, 6.07) is 0.600. The van der Waals surface area contributed by atoms with Crippen LogP contribution in [0.5, 0.6) is 0 Å². The Morgan fingerprint density at radius 2 is 2.00 bits per heavy atom. The molecule has 2 rings (SSSR count). The van der Waals surface area contributed by atoms with Crippen LogP contribution in [-0.4, -0.2) is 47.5 Å². The number of thioether (sulfide) groups is 1. The van der Waals surface area contributed by atoms with Gasteiger partial charge in [-0.1, -0.05) is 26.2 Å². The standard InChI is InChI=1S/C16H31NO2S/c1-2-20-16-9-8-13(10-16)17-11-14(18)12-19-15-6-4-3-5-7-15/h13-18H,2-12H2,1H3. The van der Waals surface area contributed by atoms with Gasteiger partial charge in [-0.15, -0.1) is 0 Å². The third kappa shape index (κ3) is 5.92. The van der Waals surface area contributed by atoms with Gasteiger partial charge >= 0.3 is 0 Å². The van der Waals surface area contributed by atoms with Crippen LogP contribution in [-0.2, 0) is 4.74 Å². The molecule has 3 unspecified atom stereocenters. The summed E-state index contributed by atoms with van der Waals surface area (Å²) in [5.74, 6) is 1.22. The molecule has 0 bridgehead atoms. The number of aliphatic hydroxyl groups is 1. The van der Waals surface area contributed by atoms with Gasteiger partial charge in [0.2, 0.25) is 0 Å². The first-order valence-electron chi connectivity index (χ1n) is 8.42. The lowest BCUT2D eigenvalue weighted by molar-refractivity contribution is -0.0235. The van der Waals surface area contributed by atoms with Crippen LogP contribution in [0.15, 0.2) is 0 Å². The van der Waals surface area contributed by atoms with Gasteiger partial charge < -0.3 is 15.2 Å². The van der Waals surface area contributed by atoms with E-state index in [2.05, 4.69) is 24.0 Å². The molecule has 3 nitrogen and oxygen atoms in total. The smallest absolute Gasteiger partial charge is 0.0897 e. The van der Waals surface area contributed by atoms with Gasteiger partial charge in [0.05, 0.1) is 18.8 Å². The van der Waals surface area contributed by atoms with Gasteiger partial charge in [0.25, 0.3) is 0 Å². The van der Waals surface area contributed by atoms with E-state index in [0.717, 1.165) is 5.25 Å². The van der Waals surface area contributed by atoms with Crippen molar-refractivity contribution in [2.24, 2.45) is 0 Å². The topological polar surface area (TPSA) is 41.5 Å². The zero-order valence-electron chi connectivity index (χ0n) is 12.9. The van der Waals surface area contributed by atoms with Crippen LogP contribution < -0.4 is 5.32 Å². The van der Waals surface area contributed by atoms with Crippen LogP contribution in [0.25, 0.3) is 0 Å². The van der Waals surface area contributed by atoms with E-state index in [0.29, 0.717) is 25.3 Å². The van der Waals surface area contributed by atoms with Crippen molar-refractivity contribution in [3.8, 4) is 0 Å². The second-order valence-electron chi connectivity index (χ2n) is 6.24. The largest absolute Gasteiger partial charge is 0.389 e. The van der Waals surface area contributed by atoms with Crippen LogP contribution in [0.2, 0.25) is 0 Å². The van der Waals surface area contributed by atoms with E-state index in [1.807, 2.05) is 0 Å². The fraction of sp³-hybridized carbons (Fsp3) is 1.00. The fourth-order valence-electron chi connectivity index (χ4n) is 3.35. The summed E-state index contributed by atoms with van der Waals surface area (Å²) in [6.45, 7) is 3.41. The third-order valence-electron chi connectivity index (χ3n) is 4.51. The van der Waals surface area contributed by atoms with Gasteiger partial charge in [0.1, 0.15) is 0 Å². The number of hydrogen-bond donors (Lipinski definition) is 2. The maximum Gasteiger partial charge on any atom is 0.0897 e. The molecular weight excluding hydrogens is 270 g/mol. The molecule has 0 radical (unpaired) electrons. The average molecular weight is 301 g/mol. The van der Waals surface area contributed by atoms with E-state index < -0.39 is 0 Å². The minimum absolute atomic E-state index is 0.352. The molecule has 0 aromatic heterocycles. The van der Waals surface area contributed by atoms with Crippen molar-refractivity contribution >= 4 is 11.8 Å². The molecule has 3 atom stereocenters. The number of ether oxygens (including phenoxy) is 1. The monoisotopic (exact) mass is 301 g/mol. The Hall–Kier alpha value is 0.230. The summed E-state index contributed by atoms with van der Waals surface area (Å²) in [5.41, 5.74) is 0. The van der Waals surface area contributed by atoms with Gasteiger partial charge in [-0.2, -0.15) is 11.8 Å². The minimum atomic E-state index is -0.352. The molecule has 2 aliphatic carbocycles. The van der Waals surface area contributed by atoms with Crippen molar-refractivity contribution in [2.75, 3.05) is 18.9 Å².